The van der Waals surface area contributed by atoms with Gasteiger partial charge in [0.15, 0.2) is 5.60 Å². The molecule has 0 bridgehead atoms. The van der Waals surface area contributed by atoms with Crippen molar-refractivity contribution in [3.8, 4) is 28.4 Å². The molecule has 3 aliphatic rings. The van der Waals surface area contributed by atoms with Crippen LogP contribution in [0.3, 0.4) is 0 Å². The van der Waals surface area contributed by atoms with E-state index < -0.39 is 49.1 Å². The Bertz CT molecular complexity index is 2220. The third-order valence-electron chi connectivity index (χ3n) is 11.3. The third-order valence-corrected chi connectivity index (χ3v) is 11.3. The first-order valence-corrected chi connectivity index (χ1v) is 18.2. The molecule has 11 heteroatoms. The van der Waals surface area contributed by atoms with Gasteiger partial charge in [0.25, 0.3) is 0 Å². The molecule has 1 saturated heterocycles. The van der Waals surface area contributed by atoms with Crippen LogP contribution in [-0.2, 0) is 15.8 Å². The fourth-order valence-corrected chi connectivity index (χ4v) is 8.69. The summed E-state index contributed by atoms with van der Waals surface area (Å²) in [6, 6.07) is 27.8. The van der Waals surface area contributed by atoms with Gasteiger partial charge in [-0.2, -0.15) is 26.3 Å². The molecule has 0 amide bonds. The SMILES string of the molecule is COc1ccc(C2(c3ccc(N4CCOCC4)cc3)C=Cc3c4c(c5ccc(OC)cc5c3O2)-c2ccccc2C4(CCC(F)(F)F)CCC(F)(F)F)cc1. The summed E-state index contributed by atoms with van der Waals surface area (Å²) in [5.74, 6) is 1.50. The number of alkyl halides is 6. The van der Waals surface area contributed by atoms with Crippen LogP contribution in [0.5, 0.6) is 17.2 Å². The highest BCUT2D eigenvalue weighted by Crippen LogP contribution is 2.62. The van der Waals surface area contributed by atoms with E-state index in [9.17, 15) is 26.3 Å². The molecule has 0 saturated carbocycles. The molecule has 1 unspecified atom stereocenters. The second-order valence-corrected chi connectivity index (χ2v) is 14.3. The first-order valence-electron chi connectivity index (χ1n) is 18.2. The van der Waals surface area contributed by atoms with Crippen LogP contribution >= 0.6 is 0 Å². The van der Waals surface area contributed by atoms with Crippen LogP contribution < -0.4 is 19.1 Å². The molecule has 5 aromatic carbocycles. The van der Waals surface area contributed by atoms with E-state index in [2.05, 4.69) is 4.90 Å². The average molecular weight is 760 g/mol. The first kappa shape index (κ1) is 36.8. The van der Waals surface area contributed by atoms with Gasteiger partial charge in [-0.1, -0.05) is 54.6 Å². The van der Waals surface area contributed by atoms with Crippen molar-refractivity contribution in [2.24, 2.45) is 0 Å². The number of anilines is 1. The quantitative estimate of drug-likeness (QED) is 0.140. The van der Waals surface area contributed by atoms with Gasteiger partial charge in [-0.3, -0.25) is 0 Å². The Hall–Kier alpha value is -5.16. The summed E-state index contributed by atoms with van der Waals surface area (Å²) in [6.45, 7) is 2.74. The van der Waals surface area contributed by atoms with Gasteiger partial charge >= 0.3 is 12.4 Å². The fraction of sp³-hybridized carbons (Fsp3) is 0.318. The van der Waals surface area contributed by atoms with Crippen molar-refractivity contribution in [3.63, 3.8) is 0 Å². The maximum Gasteiger partial charge on any atom is 0.389 e. The molecule has 0 N–H and O–H groups in total. The van der Waals surface area contributed by atoms with Gasteiger partial charge in [0.05, 0.1) is 27.4 Å². The Kier molecular flexibility index (Phi) is 9.27. The molecule has 55 heavy (non-hydrogen) atoms. The van der Waals surface area contributed by atoms with E-state index in [1.165, 1.54) is 7.11 Å². The Morgan fingerprint density at radius 1 is 0.709 bits per heavy atom. The lowest BCUT2D eigenvalue weighted by atomic mass is 9.68. The second kappa shape index (κ2) is 13.8. The molecule has 5 nitrogen and oxygen atoms in total. The highest BCUT2D eigenvalue weighted by molar-refractivity contribution is 6.09. The number of hydrogen-bond donors (Lipinski definition) is 0. The summed E-state index contributed by atoms with van der Waals surface area (Å²) in [6.07, 6.45) is -9.15. The van der Waals surface area contributed by atoms with E-state index in [4.69, 9.17) is 18.9 Å². The van der Waals surface area contributed by atoms with Crippen molar-refractivity contribution in [3.05, 3.63) is 125 Å². The maximum absolute atomic E-state index is 14.2. The lowest BCUT2D eigenvalue weighted by molar-refractivity contribution is -0.143. The highest BCUT2D eigenvalue weighted by Gasteiger charge is 2.51. The number of hydrogen-bond acceptors (Lipinski definition) is 5. The summed E-state index contributed by atoms with van der Waals surface area (Å²) in [4.78, 5) is 2.24. The molecule has 1 atom stereocenters. The zero-order valence-corrected chi connectivity index (χ0v) is 30.3. The van der Waals surface area contributed by atoms with E-state index >= 15 is 0 Å². The number of morpholine rings is 1. The minimum atomic E-state index is -4.60. The van der Waals surface area contributed by atoms with Crippen LogP contribution in [0, 0.1) is 0 Å². The molecule has 0 radical (unpaired) electrons. The Morgan fingerprint density at radius 2 is 1.31 bits per heavy atom. The molecule has 0 spiro atoms. The van der Waals surface area contributed by atoms with Crippen molar-refractivity contribution >= 4 is 22.5 Å². The van der Waals surface area contributed by atoms with E-state index in [0.29, 0.717) is 69.1 Å². The van der Waals surface area contributed by atoms with Crippen molar-refractivity contribution in [2.75, 3.05) is 45.4 Å². The molecule has 0 aromatic heterocycles. The van der Waals surface area contributed by atoms with Gasteiger partial charge < -0.3 is 23.8 Å². The van der Waals surface area contributed by atoms with Crippen LogP contribution in [0.25, 0.3) is 28.0 Å². The Morgan fingerprint density at radius 3 is 1.93 bits per heavy atom. The number of rotatable bonds is 9. The number of ether oxygens (including phenoxy) is 4. The van der Waals surface area contributed by atoms with E-state index in [-0.39, 0.29) is 0 Å². The summed E-state index contributed by atoms with van der Waals surface area (Å²) >= 11 is 0. The summed E-state index contributed by atoms with van der Waals surface area (Å²) < 4.78 is 109. The fourth-order valence-electron chi connectivity index (χ4n) is 8.69. The molecular formula is C44H39F6NO4. The molecule has 1 aliphatic carbocycles. The smallest absolute Gasteiger partial charge is 0.389 e. The van der Waals surface area contributed by atoms with Crippen LogP contribution in [0.15, 0.2) is 97.1 Å². The van der Waals surface area contributed by atoms with Gasteiger partial charge in [0.2, 0.25) is 0 Å². The maximum atomic E-state index is 14.2. The van der Waals surface area contributed by atoms with Crippen molar-refractivity contribution in [1.29, 1.82) is 0 Å². The van der Waals surface area contributed by atoms with Crippen molar-refractivity contribution in [2.45, 2.75) is 49.1 Å². The Balaban J connectivity index is 1.40. The van der Waals surface area contributed by atoms with Gasteiger partial charge in [-0.15, -0.1) is 0 Å². The molecule has 2 heterocycles. The lowest BCUT2D eigenvalue weighted by Gasteiger charge is -2.40. The summed E-state index contributed by atoms with van der Waals surface area (Å²) in [5.41, 5.74) is 2.19. The lowest BCUT2D eigenvalue weighted by Crippen LogP contribution is -2.37. The predicted octanol–water partition coefficient (Wildman–Crippen LogP) is 11.0. The van der Waals surface area contributed by atoms with Crippen molar-refractivity contribution in [1.82, 2.24) is 0 Å². The molecule has 5 aromatic rings. The normalized spacial score (nSPS) is 18.7. The highest BCUT2D eigenvalue weighted by atomic mass is 19.4. The molecule has 8 rings (SSSR count). The number of fused-ring (bicyclic) bond motifs is 8. The van der Waals surface area contributed by atoms with Crippen molar-refractivity contribution < 1.29 is 45.3 Å². The minimum absolute atomic E-state index is 0.347. The van der Waals surface area contributed by atoms with Crippen LogP contribution in [0.4, 0.5) is 32.0 Å². The Labute approximate surface area is 315 Å². The molecule has 286 valence electrons. The summed E-state index contributed by atoms with van der Waals surface area (Å²) in [7, 11) is 3.11. The topological polar surface area (TPSA) is 40.2 Å². The number of methoxy groups -OCH3 is 2. The predicted molar refractivity (Wildman–Crippen MR) is 200 cm³/mol. The van der Waals surface area contributed by atoms with Gasteiger partial charge in [0.1, 0.15) is 17.2 Å². The van der Waals surface area contributed by atoms with Crippen LogP contribution in [-0.4, -0.2) is 52.9 Å². The zero-order valence-electron chi connectivity index (χ0n) is 30.3. The standard InChI is InChI=1S/C44H39F6NO4/c1-52-31-13-9-29(10-14-31)42(28-7-11-30(12-8-28)51-23-25-54-26-24-51)18-17-35-39-38(33-16-15-32(53-2)27-36(33)40(35)55-42)34-5-3-4-6-37(34)41(39,19-21-43(45,46)47)20-22-44(48,49)50/h3-18,27H,19-26H2,1-2H3. The monoisotopic (exact) mass is 759 g/mol. The summed E-state index contributed by atoms with van der Waals surface area (Å²) in [5, 5.41) is 1.27. The number of benzene rings is 5. The first-order chi connectivity index (χ1) is 26.4. The van der Waals surface area contributed by atoms with E-state index in [1.807, 2.05) is 72.8 Å². The third kappa shape index (κ3) is 6.56. The number of halogens is 6. The van der Waals surface area contributed by atoms with E-state index in [0.717, 1.165) is 29.9 Å². The molecule has 2 aliphatic heterocycles. The van der Waals surface area contributed by atoms with Crippen LogP contribution in [0.2, 0.25) is 0 Å². The largest absolute Gasteiger partial charge is 0.497 e. The average Bonchev–Trinajstić information content (AvgIpc) is 3.49. The minimum Gasteiger partial charge on any atom is -0.497 e. The number of nitrogens with zero attached hydrogens (tertiary/aromatic N) is 1. The van der Waals surface area contributed by atoms with Gasteiger partial charge in [0, 0.05) is 59.1 Å². The molecular weight excluding hydrogens is 720 g/mol. The molecule has 1 fully saturated rings. The van der Waals surface area contributed by atoms with Gasteiger partial charge in [-0.05, 0) is 89.0 Å². The van der Waals surface area contributed by atoms with Crippen LogP contribution in [0.1, 0.15) is 53.5 Å². The zero-order chi connectivity index (χ0) is 38.6. The van der Waals surface area contributed by atoms with E-state index in [1.54, 1.807) is 37.4 Å². The van der Waals surface area contributed by atoms with Gasteiger partial charge in [-0.25, -0.2) is 0 Å². The second-order valence-electron chi connectivity index (χ2n) is 14.3.